The number of aliphatic carboxylic acids is 1. The molecule has 238 valence electrons. The number of benzene rings is 1. The lowest BCUT2D eigenvalue weighted by molar-refractivity contribution is -0.138. The van der Waals surface area contributed by atoms with Crippen LogP contribution in [0.25, 0.3) is 22.3 Å². The standard InChI is InChI=1S/C33H39F2N7O3/c34-29(35)22-45-20-19-42(17-4-3-9-25-13-12-23-7-6-16-37-30(23)38-25)18-14-28(33(43)44)40-32-26-10-1-2-11-27(26)39-31(41-32)24-8-5-15-36-21-24/h1-2,5,8,10-13,15,21,28-29H,3-4,6-7,9,14,16-20,22H2,(H,37,38)(H,43,44)(H,39,40,41). The van der Waals surface area contributed by atoms with Crippen LogP contribution in [-0.2, 0) is 22.4 Å². The number of para-hydroxylation sites is 1. The van der Waals surface area contributed by atoms with E-state index in [4.69, 9.17) is 9.72 Å². The van der Waals surface area contributed by atoms with Gasteiger partial charge in [-0.3, -0.25) is 4.98 Å². The lowest BCUT2D eigenvalue weighted by atomic mass is 10.1. The Labute approximate surface area is 261 Å². The van der Waals surface area contributed by atoms with E-state index in [2.05, 4.69) is 42.6 Å². The normalized spacial score (nSPS) is 13.5. The highest BCUT2D eigenvalue weighted by Gasteiger charge is 2.21. The van der Waals surface area contributed by atoms with Crippen molar-refractivity contribution in [3.63, 3.8) is 0 Å². The van der Waals surface area contributed by atoms with Gasteiger partial charge >= 0.3 is 5.97 Å². The summed E-state index contributed by atoms with van der Waals surface area (Å²) < 4.78 is 30.4. The number of aryl methyl sites for hydroxylation is 2. The average molecular weight is 620 g/mol. The first kappa shape index (κ1) is 32.1. The Morgan fingerprint density at radius 3 is 2.76 bits per heavy atom. The molecule has 5 rings (SSSR count). The van der Waals surface area contributed by atoms with Gasteiger partial charge in [-0.25, -0.2) is 28.5 Å². The fourth-order valence-corrected chi connectivity index (χ4v) is 5.40. The number of halogens is 2. The van der Waals surface area contributed by atoms with Crippen molar-refractivity contribution in [2.75, 3.05) is 50.0 Å². The molecule has 1 atom stereocenters. The van der Waals surface area contributed by atoms with Gasteiger partial charge in [-0.1, -0.05) is 18.2 Å². The van der Waals surface area contributed by atoms with Gasteiger partial charge in [0.05, 0.1) is 12.1 Å². The van der Waals surface area contributed by atoms with Gasteiger partial charge in [0.1, 0.15) is 24.3 Å². The van der Waals surface area contributed by atoms with Crippen molar-refractivity contribution in [2.24, 2.45) is 0 Å². The second-order valence-electron chi connectivity index (χ2n) is 11.1. The SMILES string of the molecule is O=C(O)C(CCN(CCCCc1ccc2c(n1)NCCC2)CCOCC(F)F)Nc1nc(-c2cccnc2)nc2ccccc12. The predicted molar refractivity (Wildman–Crippen MR) is 170 cm³/mol. The number of carboxylic acids is 1. The quantitative estimate of drug-likeness (QED) is 0.134. The lowest BCUT2D eigenvalue weighted by Crippen LogP contribution is -2.37. The first-order chi connectivity index (χ1) is 22.0. The molecule has 1 unspecified atom stereocenters. The molecule has 10 nitrogen and oxygen atoms in total. The van der Waals surface area contributed by atoms with Crippen LogP contribution >= 0.6 is 0 Å². The van der Waals surface area contributed by atoms with Crippen LogP contribution in [0.1, 0.15) is 36.9 Å². The summed E-state index contributed by atoms with van der Waals surface area (Å²) in [6.07, 6.45) is 5.78. The van der Waals surface area contributed by atoms with Gasteiger partial charge in [0.15, 0.2) is 5.82 Å². The van der Waals surface area contributed by atoms with E-state index in [1.165, 1.54) is 5.56 Å². The first-order valence-corrected chi connectivity index (χ1v) is 15.4. The summed E-state index contributed by atoms with van der Waals surface area (Å²) in [4.78, 5) is 32.7. The molecule has 4 heterocycles. The van der Waals surface area contributed by atoms with E-state index in [0.717, 1.165) is 55.7 Å². The van der Waals surface area contributed by atoms with Crippen molar-refractivity contribution in [2.45, 2.75) is 51.0 Å². The zero-order valence-corrected chi connectivity index (χ0v) is 25.2. The molecule has 1 aliphatic heterocycles. The topological polar surface area (TPSA) is 125 Å². The largest absolute Gasteiger partial charge is 0.480 e. The van der Waals surface area contributed by atoms with Crippen LogP contribution in [0, 0.1) is 0 Å². The molecule has 3 N–H and O–H groups in total. The third-order valence-corrected chi connectivity index (χ3v) is 7.77. The molecule has 0 saturated carbocycles. The molecule has 4 aromatic rings. The maximum Gasteiger partial charge on any atom is 0.326 e. The van der Waals surface area contributed by atoms with Gasteiger partial charge in [-0.15, -0.1) is 0 Å². The van der Waals surface area contributed by atoms with Gasteiger partial charge in [0.2, 0.25) is 0 Å². The highest BCUT2D eigenvalue weighted by molar-refractivity contribution is 5.92. The molecular weight excluding hydrogens is 580 g/mol. The van der Waals surface area contributed by atoms with E-state index in [0.29, 0.717) is 42.2 Å². The van der Waals surface area contributed by atoms with Crippen LogP contribution in [-0.4, -0.2) is 87.8 Å². The van der Waals surface area contributed by atoms with Crippen LogP contribution in [0.5, 0.6) is 0 Å². The highest BCUT2D eigenvalue weighted by atomic mass is 19.3. The summed E-state index contributed by atoms with van der Waals surface area (Å²) in [5.74, 6) is 0.829. The number of carboxylic acid groups (broad SMARTS) is 1. The minimum Gasteiger partial charge on any atom is -0.480 e. The van der Waals surface area contributed by atoms with E-state index in [9.17, 15) is 18.7 Å². The van der Waals surface area contributed by atoms with Crippen molar-refractivity contribution in [3.05, 3.63) is 72.2 Å². The van der Waals surface area contributed by atoms with Gasteiger partial charge in [-0.05, 0) is 81.0 Å². The maximum atomic E-state index is 12.6. The highest BCUT2D eigenvalue weighted by Crippen LogP contribution is 2.26. The Hall–Kier alpha value is -4.29. The van der Waals surface area contributed by atoms with Crippen LogP contribution in [0.4, 0.5) is 20.4 Å². The van der Waals surface area contributed by atoms with Crippen LogP contribution < -0.4 is 10.6 Å². The van der Waals surface area contributed by atoms with Gasteiger partial charge in [0.25, 0.3) is 6.43 Å². The number of aromatic nitrogens is 4. The summed E-state index contributed by atoms with van der Waals surface area (Å²) in [5.41, 5.74) is 3.69. The number of nitrogens with one attached hydrogen (secondary N) is 2. The zero-order valence-electron chi connectivity index (χ0n) is 25.2. The number of nitrogens with zero attached hydrogens (tertiary/aromatic N) is 5. The number of hydrogen-bond donors (Lipinski definition) is 3. The van der Waals surface area contributed by atoms with Crippen LogP contribution in [0.15, 0.2) is 60.9 Å². The van der Waals surface area contributed by atoms with E-state index in [-0.39, 0.29) is 13.0 Å². The number of alkyl halides is 2. The number of hydrogen-bond acceptors (Lipinski definition) is 9. The molecule has 0 fully saturated rings. The molecule has 0 saturated heterocycles. The minimum absolute atomic E-state index is 0.137. The Morgan fingerprint density at radius 2 is 1.93 bits per heavy atom. The van der Waals surface area contributed by atoms with Gasteiger partial charge < -0.3 is 25.4 Å². The van der Waals surface area contributed by atoms with E-state index < -0.39 is 25.0 Å². The maximum absolute atomic E-state index is 12.6. The second-order valence-corrected chi connectivity index (χ2v) is 11.1. The number of rotatable bonds is 17. The van der Waals surface area contributed by atoms with E-state index >= 15 is 0 Å². The number of fused-ring (bicyclic) bond motifs is 2. The van der Waals surface area contributed by atoms with Crippen molar-refractivity contribution < 1.29 is 23.4 Å². The average Bonchev–Trinajstić information content (AvgIpc) is 3.06. The molecular formula is C33H39F2N7O3. The summed E-state index contributed by atoms with van der Waals surface area (Å²) in [6.45, 7) is 1.99. The van der Waals surface area contributed by atoms with Crippen molar-refractivity contribution in [1.82, 2.24) is 24.8 Å². The third-order valence-electron chi connectivity index (χ3n) is 7.77. The molecule has 3 aromatic heterocycles. The number of unbranched alkanes of at least 4 members (excludes halogenated alkanes) is 1. The summed E-state index contributed by atoms with van der Waals surface area (Å²) in [7, 11) is 0. The molecule has 1 aliphatic rings. The number of ether oxygens (including phenoxy) is 1. The second kappa shape index (κ2) is 16.1. The smallest absolute Gasteiger partial charge is 0.326 e. The Bertz CT molecular complexity index is 1540. The lowest BCUT2D eigenvalue weighted by Gasteiger charge is -2.25. The van der Waals surface area contributed by atoms with Crippen molar-refractivity contribution in [3.8, 4) is 11.4 Å². The molecule has 0 spiro atoms. The Morgan fingerprint density at radius 1 is 1.04 bits per heavy atom. The number of pyridine rings is 2. The fourth-order valence-electron chi connectivity index (χ4n) is 5.40. The molecule has 0 radical (unpaired) electrons. The molecule has 0 amide bonds. The van der Waals surface area contributed by atoms with Crippen molar-refractivity contribution >= 4 is 28.5 Å². The van der Waals surface area contributed by atoms with E-state index in [1.54, 1.807) is 18.5 Å². The zero-order chi connectivity index (χ0) is 31.4. The van der Waals surface area contributed by atoms with Crippen molar-refractivity contribution in [1.29, 1.82) is 0 Å². The monoisotopic (exact) mass is 619 g/mol. The third kappa shape index (κ3) is 9.35. The van der Waals surface area contributed by atoms with Gasteiger partial charge in [-0.2, -0.15) is 0 Å². The summed E-state index contributed by atoms with van der Waals surface area (Å²) in [6, 6.07) is 14.4. The van der Waals surface area contributed by atoms with Crippen LogP contribution in [0.3, 0.4) is 0 Å². The molecule has 0 bridgehead atoms. The van der Waals surface area contributed by atoms with Gasteiger partial charge in [0, 0.05) is 48.7 Å². The Kier molecular flexibility index (Phi) is 11.5. The molecule has 1 aromatic carbocycles. The fraction of sp³-hybridized carbons (Fsp3) is 0.424. The molecule has 0 aliphatic carbocycles. The summed E-state index contributed by atoms with van der Waals surface area (Å²) >= 11 is 0. The first-order valence-electron chi connectivity index (χ1n) is 15.4. The Balaban J connectivity index is 1.22. The molecule has 12 heteroatoms. The predicted octanol–water partition coefficient (Wildman–Crippen LogP) is 5.31. The number of anilines is 2. The van der Waals surface area contributed by atoms with E-state index in [1.807, 2.05) is 30.3 Å². The minimum atomic E-state index is -2.53. The molecule has 45 heavy (non-hydrogen) atoms. The van der Waals surface area contributed by atoms with Crippen LogP contribution in [0.2, 0.25) is 0 Å². The number of carbonyl (C=O) groups is 1. The summed E-state index contributed by atoms with van der Waals surface area (Å²) in [5, 5.41) is 17.4.